The van der Waals surface area contributed by atoms with E-state index >= 15 is 0 Å². The lowest BCUT2D eigenvalue weighted by Crippen LogP contribution is -2.22. The van der Waals surface area contributed by atoms with Gasteiger partial charge in [0, 0.05) is 19.0 Å². The molecule has 0 aromatic heterocycles. The third-order valence-corrected chi connectivity index (χ3v) is 2.27. The number of carbonyl (C=O) groups excluding carboxylic acids is 1. The number of rotatable bonds is 6. The minimum Gasteiger partial charge on any atom is -0.318 e. The topological polar surface area (TPSA) is 84.3 Å². The van der Waals surface area contributed by atoms with Crippen molar-refractivity contribution in [1.29, 1.82) is 0 Å². The minimum atomic E-state index is -1.18. The molecule has 0 unspecified atom stereocenters. The maximum absolute atomic E-state index is 13.4. The van der Waals surface area contributed by atoms with Crippen molar-refractivity contribution in [2.75, 3.05) is 18.4 Å². The van der Waals surface area contributed by atoms with Gasteiger partial charge in [0.15, 0.2) is 11.5 Å². The van der Waals surface area contributed by atoms with Gasteiger partial charge in [0.1, 0.15) is 5.82 Å². The molecule has 0 bridgehead atoms. The second-order valence-corrected chi connectivity index (χ2v) is 3.69. The van der Waals surface area contributed by atoms with Gasteiger partial charge in [0.2, 0.25) is 5.91 Å². The normalized spacial score (nSPS) is 10.3. The van der Waals surface area contributed by atoms with E-state index in [9.17, 15) is 23.7 Å². The van der Waals surface area contributed by atoms with Crippen LogP contribution in [-0.4, -0.2) is 23.9 Å². The molecule has 1 aromatic rings. The fourth-order valence-corrected chi connectivity index (χ4v) is 1.41. The standard InChI is InChI=1S/C11H13F2N3O3/c1-2-14-4-3-10(17)15-11-8(13)5-7(12)6-9(11)16(18)19/h5-6,14H,2-4H2,1H3,(H,15,17). The van der Waals surface area contributed by atoms with E-state index in [1.807, 2.05) is 6.92 Å². The molecule has 0 spiro atoms. The second-order valence-electron chi connectivity index (χ2n) is 3.69. The van der Waals surface area contributed by atoms with Gasteiger partial charge < -0.3 is 10.6 Å². The number of nitro groups is 1. The van der Waals surface area contributed by atoms with E-state index in [0.29, 0.717) is 25.2 Å². The molecule has 1 amide bonds. The molecule has 0 saturated heterocycles. The van der Waals surface area contributed by atoms with Crippen molar-refractivity contribution in [2.24, 2.45) is 0 Å². The van der Waals surface area contributed by atoms with Gasteiger partial charge in [-0.3, -0.25) is 14.9 Å². The number of benzene rings is 1. The zero-order valence-electron chi connectivity index (χ0n) is 10.2. The van der Waals surface area contributed by atoms with Crippen molar-refractivity contribution in [1.82, 2.24) is 5.32 Å². The van der Waals surface area contributed by atoms with Crippen molar-refractivity contribution >= 4 is 17.3 Å². The van der Waals surface area contributed by atoms with Gasteiger partial charge >= 0.3 is 0 Å². The Bertz CT molecular complexity index is 494. The first-order chi connectivity index (χ1) is 8.95. The largest absolute Gasteiger partial charge is 0.318 e. The van der Waals surface area contributed by atoms with Gasteiger partial charge in [0.05, 0.1) is 11.0 Å². The number of anilines is 1. The Morgan fingerprint density at radius 3 is 2.68 bits per heavy atom. The summed E-state index contributed by atoms with van der Waals surface area (Å²) in [5.41, 5.74) is -1.43. The molecule has 1 aromatic carbocycles. The fraction of sp³-hybridized carbons (Fsp3) is 0.364. The molecule has 6 nitrogen and oxygen atoms in total. The van der Waals surface area contributed by atoms with Crippen LogP contribution in [0.1, 0.15) is 13.3 Å². The molecular formula is C11H13F2N3O3. The van der Waals surface area contributed by atoms with E-state index in [1.165, 1.54) is 0 Å². The van der Waals surface area contributed by atoms with Gasteiger partial charge in [0.25, 0.3) is 5.69 Å². The van der Waals surface area contributed by atoms with Crippen molar-refractivity contribution in [3.63, 3.8) is 0 Å². The van der Waals surface area contributed by atoms with Crippen LogP contribution in [0, 0.1) is 21.7 Å². The van der Waals surface area contributed by atoms with Crippen LogP contribution in [0.25, 0.3) is 0 Å². The van der Waals surface area contributed by atoms with Crippen molar-refractivity contribution in [2.45, 2.75) is 13.3 Å². The van der Waals surface area contributed by atoms with E-state index in [0.717, 1.165) is 0 Å². The van der Waals surface area contributed by atoms with Crippen LogP contribution in [0.4, 0.5) is 20.2 Å². The first kappa shape index (κ1) is 15.0. The first-order valence-corrected chi connectivity index (χ1v) is 5.59. The summed E-state index contributed by atoms with van der Waals surface area (Å²) in [6.07, 6.45) is 0.0296. The molecule has 8 heteroatoms. The number of hydrogen-bond donors (Lipinski definition) is 2. The van der Waals surface area contributed by atoms with E-state index in [-0.39, 0.29) is 6.42 Å². The van der Waals surface area contributed by atoms with E-state index in [2.05, 4.69) is 10.6 Å². The van der Waals surface area contributed by atoms with Crippen LogP contribution in [0.5, 0.6) is 0 Å². The maximum Gasteiger partial charge on any atom is 0.298 e. The lowest BCUT2D eigenvalue weighted by molar-refractivity contribution is -0.384. The molecule has 19 heavy (non-hydrogen) atoms. The predicted molar refractivity (Wildman–Crippen MR) is 64.8 cm³/mol. The summed E-state index contributed by atoms with van der Waals surface area (Å²) in [5.74, 6) is -2.84. The van der Waals surface area contributed by atoms with Crippen LogP contribution in [0.2, 0.25) is 0 Å². The van der Waals surface area contributed by atoms with E-state index in [4.69, 9.17) is 0 Å². The summed E-state index contributed by atoms with van der Waals surface area (Å²) in [4.78, 5) is 21.2. The minimum absolute atomic E-state index is 0.0296. The lowest BCUT2D eigenvalue weighted by atomic mass is 10.2. The molecule has 0 heterocycles. The fourth-order valence-electron chi connectivity index (χ4n) is 1.41. The Kier molecular flexibility index (Phi) is 5.31. The van der Waals surface area contributed by atoms with Crippen LogP contribution in [0.3, 0.4) is 0 Å². The number of carbonyl (C=O) groups is 1. The van der Waals surface area contributed by atoms with Crippen molar-refractivity contribution < 1.29 is 18.5 Å². The molecule has 2 N–H and O–H groups in total. The maximum atomic E-state index is 13.4. The van der Waals surface area contributed by atoms with E-state index in [1.54, 1.807) is 0 Å². The molecule has 1 rings (SSSR count). The average molecular weight is 273 g/mol. The molecule has 0 aliphatic carbocycles. The highest BCUT2D eigenvalue weighted by Gasteiger charge is 2.22. The number of amides is 1. The summed E-state index contributed by atoms with van der Waals surface area (Å²) in [6, 6.07) is 1.04. The molecule has 0 atom stereocenters. The number of nitrogens with zero attached hydrogens (tertiary/aromatic N) is 1. The van der Waals surface area contributed by atoms with Crippen LogP contribution < -0.4 is 10.6 Å². The molecule has 0 fully saturated rings. The van der Waals surface area contributed by atoms with Crippen molar-refractivity contribution in [3.8, 4) is 0 Å². The summed E-state index contributed by atoms with van der Waals surface area (Å²) in [7, 11) is 0. The third-order valence-electron chi connectivity index (χ3n) is 2.27. The number of hydrogen-bond acceptors (Lipinski definition) is 4. The monoisotopic (exact) mass is 273 g/mol. The van der Waals surface area contributed by atoms with Crippen LogP contribution >= 0.6 is 0 Å². The number of nitrogens with one attached hydrogen (secondary N) is 2. The molecule has 0 aliphatic heterocycles. The average Bonchev–Trinajstić information content (AvgIpc) is 2.32. The van der Waals surface area contributed by atoms with Crippen LogP contribution in [0.15, 0.2) is 12.1 Å². The van der Waals surface area contributed by atoms with Gasteiger partial charge in [-0.05, 0) is 6.54 Å². The highest BCUT2D eigenvalue weighted by Crippen LogP contribution is 2.28. The second kappa shape index (κ2) is 6.74. The quantitative estimate of drug-likeness (QED) is 0.470. The molecular weight excluding hydrogens is 260 g/mol. The molecule has 0 aliphatic rings. The zero-order valence-corrected chi connectivity index (χ0v) is 10.2. The lowest BCUT2D eigenvalue weighted by Gasteiger charge is -2.07. The molecule has 0 saturated carbocycles. The zero-order chi connectivity index (χ0) is 14.4. The number of nitro benzene ring substituents is 1. The molecule has 0 radical (unpaired) electrons. The summed E-state index contributed by atoms with van der Waals surface area (Å²) < 4.78 is 26.3. The first-order valence-electron chi connectivity index (χ1n) is 5.59. The Morgan fingerprint density at radius 1 is 1.42 bits per heavy atom. The van der Waals surface area contributed by atoms with Crippen LogP contribution in [-0.2, 0) is 4.79 Å². The van der Waals surface area contributed by atoms with E-state index < -0.39 is 33.8 Å². The summed E-state index contributed by atoms with van der Waals surface area (Å²) >= 11 is 0. The summed E-state index contributed by atoms with van der Waals surface area (Å²) in [6.45, 7) is 2.87. The van der Waals surface area contributed by atoms with Crippen molar-refractivity contribution in [3.05, 3.63) is 33.9 Å². The molecule has 104 valence electrons. The SMILES string of the molecule is CCNCCC(=O)Nc1c(F)cc(F)cc1[N+](=O)[O-]. The highest BCUT2D eigenvalue weighted by atomic mass is 19.1. The Morgan fingerprint density at radius 2 is 2.11 bits per heavy atom. The third kappa shape index (κ3) is 4.25. The number of halogens is 2. The highest BCUT2D eigenvalue weighted by molar-refractivity contribution is 5.93. The Labute approximate surface area is 108 Å². The van der Waals surface area contributed by atoms with Gasteiger partial charge in [-0.2, -0.15) is 0 Å². The predicted octanol–water partition coefficient (Wildman–Crippen LogP) is 1.81. The Balaban J connectivity index is 2.88. The smallest absolute Gasteiger partial charge is 0.298 e. The van der Waals surface area contributed by atoms with Gasteiger partial charge in [-0.1, -0.05) is 6.92 Å². The van der Waals surface area contributed by atoms with Gasteiger partial charge in [-0.15, -0.1) is 0 Å². The summed E-state index contributed by atoms with van der Waals surface area (Å²) in [5, 5.41) is 15.6. The Hall–Kier alpha value is -2.09. The van der Waals surface area contributed by atoms with Gasteiger partial charge in [-0.25, -0.2) is 8.78 Å².